The third-order valence-corrected chi connectivity index (χ3v) is 4.67. The summed E-state index contributed by atoms with van der Waals surface area (Å²) in [6.07, 6.45) is 3.13. The van der Waals surface area contributed by atoms with Crippen LogP contribution in [0.2, 0.25) is 0 Å². The van der Waals surface area contributed by atoms with Crippen molar-refractivity contribution in [1.29, 1.82) is 0 Å². The molecule has 2 atom stereocenters. The molecule has 1 fully saturated rings. The molecule has 1 aliphatic rings. The highest BCUT2D eigenvalue weighted by Crippen LogP contribution is 2.22. The summed E-state index contributed by atoms with van der Waals surface area (Å²) in [6.45, 7) is 4.34. The molecule has 6 nitrogen and oxygen atoms in total. The summed E-state index contributed by atoms with van der Waals surface area (Å²) in [6, 6.07) is 6.31. The zero-order chi connectivity index (χ0) is 18.4. The van der Waals surface area contributed by atoms with E-state index in [1.165, 1.54) is 7.11 Å². The summed E-state index contributed by atoms with van der Waals surface area (Å²) in [5.41, 5.74) is 1.04. The fourth-order valence-electron chi connectivity index (χ4n) is 2.90. The van der Waals surface area contributed by atoms with Gasteiger partial charge in [0.25, 0.3) is 5.91 Å². The second-order valence-corrected chi connectivity index (χ2v) is 6.41. The Kier molecular flexibility index (Phi) is 6.56. The van der Waals surface area contributed by atoms with E-state index in [4.69, 9.17) is 4.74 Å². The highest BCUT2D eigenvalue weighted by Gasteiger charge is 2.33. The van der Waals surface area contributed by atoms with Crippen LogP contribution in [0.1, 0.15) is 49.9 Å². The first-order chi connectivity index (χ1) is 12.0. The molecular weight excluding hydrogens is 320 g/mol. The fraction of sp³-hybridized carbons (Fsp3) is 0.526. The summed E-state index contributed by atoms with van der Waals surface area (Å²) in [5, 5.41) is 2.83. The van der Waals surface area contributed by atoms with E-state index in [9.17, 15) is 14.4 Å². The zero-order valence-corrected chi connectivity index (χ0v) is 15.1. The molecule has 0 unspecified atom stereocenters. The van der Waals surface area contributed by atoms with Crippen LogP contribution in [0.25, 0.3) is 0 Å². The quantitative estimate of drug-likeness (QED) is 0.832. The van der Waals surface area contributed by atoms with Crippen LogP contribution >= 0.6 is 0 Å². The molecule has 6 heteroatoms. The van der Waals surface area contributed by atoms with Crippen LogP contribution in [0.3, 0.4) is 0 Å². The van der Waals surface area contributed by atoms with E-state index in [0.29, 0.717) is 24.2 Å². The van der Waals surface area contributed by atoms with Crippen LogP contribution in [0.5, 0.6) is 0 Å². The molecule has 0 aromatic heterocycles. The van der Waals surface area contributed by atoms with Gasteiger partial charge in [0.2, 0.25) is 5.91 Å². The lowest BCUT2D eigenvalue weighted by Gasteiger charge is -2.33. The number of benzene rings is 1. The normalized spacial score (nSPS) is 18.4. The molecule has 1 heterocycles. The number of piperidine rings is 1. The number of likely N-dealkylation sites (tertiary alicyclic amines) is 1. The van der Waals surface area contributed by atoms with Crippen molar-refractivity contribution in [2.24, 2.45) is 5.92 Å². The highest BCUT2D eigenvalue weighted by molar-refractivity contribution is 5.99. The maximum absolute atomic E-state index is 12.9. The first kappa shape index (κ1) is 19.0. The third kappa shape index (κ3) is 4.59. The number of anilines is 1. The lowest BCUT2D eigenvalue weighted by atomic mass is 10.0. The minimum atomic E-state index is -0.537. The summed E-state index contributed by atoms with van der Waals surface area (Å²) in [7, 11) is 1.34. The van der Waals surface area contributed by atoms with Gasteiger partial charge in [0.1, 0.15) is 6.04 Å². The second-order valence-electron chi connectivity index (χ2n) is 6.41. The number of carbonyl (C=O) groups is 3. The first-order valence-corrected chi connectivity index (χ1v) is 8.77. The Labute approximate surface area is 148 Å². The molecule has 1 aromatic rings. The summed E-state index contributed by atoms with van der Waals surface area (Å²) >= 11 is 0. The van der Waals surface area contributed by atoms with Crippen molar-refractivity contribution in [3.8, 4) is 0 Å². The maximum Gasteiger partial charge on any atom is 0.328 e. The Morgan fingerprint density at radius 1 is 1.32 bits per heavy atom. The Morgan fingerprint density at radius 2 is 2.08 bits per heavy atom. The van der Waals surface area contributed by atoms with Gasteiger partial charge < -0.3 is 15.0 Å². The van der Waals surface area contributed by atoms with Crippen molar-refractivity contribution in [3.63, 3.8) is 0 Å². The lowest BCUT2D eigenvalue weighted by Crippen LogP contribution is -2.48. The van der Waals surface area contributed by atoms with Crippen molar-refractivity contribution in [2.45, 2.75) is 45.6 Å². The van der Waals surface area contributed by atoms with Gasteiger partial charge in [-0.25, -0.2) is 4.79 Å². The van der Waals surface area contributed by atoms with E-state index < -0.39 is 6.04 Å². The molecule has 2 rings (SSSR count). The summed E-state index contributed by atoms with van der Waals surface area (Å²) < 4.78 is 4.83. The molecular formula is C19H26N2O4. The van der Waals surface area contributed by atoms with Crippen molar-refractivity contribution < 1.29 is 19.1 Å². The zero-order valence-electron chi connectivity index (χ0n) is 15.1. The van der Waals surface area contributed by atoms with Gasteiger partial charge in [-0.3, -0.25) is 9.59 Å². The van der Waals surface area contributed by atoms with Gasteiger partial charge in [-0.2, -0.15) is 0 Å². The molecule has 1 saturated heterocycles. The van der Waals surface area contributed by atoms with Gasteiger partial charge in [0.05, 0.1) is 7.11 Å². The van der Waals surface area contributed by atoms with E-state index in [1.54, 1.807) is 29.2 Å². The monoisotopic (exact) mass is 346 g/mol. The average Bonchev–Trinajstić information content (AvgIpc) is 2.66. The Hall–Kier alpha value is -2.37. The van der Waals surface area contributed by atoms with Gasteiger partial charge >= 0.3 is 5.97 Å². The predicted octanol–water partition coefficient (Wildman–Crippen LogP) is 2.84. The minimum Gasteiger partial charge on any atom is -0.467 e. The molecule has 1 N–H and O–H groups in total. The van der Waals surface area contributed by atoms with Gasteiger partial charge in [-0.1, -0.05) is 19.9 Å². The van der Waals surface area contributed by atoms with Crippen LogP contribution in [-0.2, 0) is 14.3 Å². The first-order valence-electron chi connectivity index (χ1n) is 8.77. The molecule has 0 spiro atoms. The second kappa shape index (κ2) is 8.65. The molecule has 136 valence electrons. The Bertz CT molecular complexity index is 644. The summed E-state index contributed by atoms with van der Waals surface area (Å²) in [4.78, 5) is 38.4. The topological polar surface area (TPSA) is 75.7 Å². The average molecular weight is 346 g/mol. The maximum atomic E-state index is 12.9. The van der Waals surface area contributed by atoms with E-state index in [1.807, 2.05) is 13.8 Å². The van der Waals surface area contributed by atoms with Crippen molar-refractivity contribution in [3.05, 3.63) is 29.8 Å². The van der Waals surface area contributed by atoms with Gasteiger partial charge in [0, 0.05) is 23.7 Å². The number of nitrogens with one attached hydrogen (secondary N) is 1. The number of rotatable bonds is 5. The predicted molar refractivity (Wildman–Crippen MR) is 95.2 cm³/mol. The molecule has 2 amide bonds. The molecule has 1 aromatic carbocycles. The molecule has 1 aliphatic heterocycles. The SMILES string of the molecule is CC[C@@H](C)C(=O)Nc1cccc(C(=O)N2CCCC[C@H]2C(=O)OC)c1. The number of amides is 2. The summed E-state index contributed by atoms with van der Waals surface area (Å²) in [5.74, 6) is -0.758. The minimum absolute atomic E-state index is 0.0718. The molecule has 0 bridgehead atoms. The van der Waals surface area contributed by atoms with Crippen molar-refractivity contribution in [2.75, 3.05) is 19.0 Å². The van der Waals surface area contributed by atoms with E-state index >= 15 is 0 Å². The molecule has 0 aliphatic carbocycles. The standard InChI is InChI=1S/C19H26N2O4/c1-4-13(2)17(22)20-15-9-7-8-14(12-15)18(23)21-11-6-5-10-16(21)19(24)25-3/h7-9,12-13,16H,4-6,10-11H2,1-3H3,(H,20,22)/t13-,16+/m1/s1. The van der Waals surface area contributed by atoms with Gasteiger partial charge in [-0.05, 0) is 43.9 Å². The van der Waals surface area contributed by atoms with Crippen LogP contribution in [0, 0.1) is 5.92 Å². The largest absolute Gasteiger partial charge is 0.467 e. The molecule has 25 heavy (non-hydrogen) atoms. The van der Waals surface area contributed by atoms with Crippen molar-refractivity contribution >= 4 is 23.5 Å². The smallest absolute Gasteiger partial charge is 0.328 e. The number of nitrogens with zero attached hydrogens (tertiary/aromatic N) is 1. The number of hydrogen-bond acceptors (Lipinski definition) is 4. The van der Waals surface area contributed by atoms with Gasteiger partial charge in [-0.15, -0.1) is 0 Å². The highest BCUT2D eigenvalue weighted by atomic mass is 16.5. The number of methoxy groups -OCH3 is 1. The van der Waals surface area contributed by atoms with E-state index in [-0.39, 0.29) is 23.7 Å². The van der Waals surface area contributed by atoms with Crippen LogP contribution in [0.4, 0.5) is 5.69 Å². The van der Waals surface area contributed by atoms with Crippen molar-refractivity contribution in [1.82, 2.24) is 4.90 Å². The third-order valence-electron chi connectivity index (χ3n) is 4.67. The number of hydrogen-bond donors (Lipinski definition) is 1. The van der Waals surface area contributed by atoms with Crippen LogP contribution < -0.4 is 5.32 Å². The Morgan fingerprint density at radius 3 is 2.76 bits per heavy atom. The van der Waals surface area contributed by atoms with Crippen LogP contribution in [0.15, 0.2) is 24.3 Å². The van der Waals surface area contributed by atoms with Gasteiger partial charge in [0.15, 0.2) is 0 Å². The molecule has 0 radical (unpaired) electrons. The Balaban J connectivity index is 2.17. The number of carbonyl (C=O) groups excluding carboxylic acids is 3. The lowest BCUT2D eigenvalue weighted by molar-refractivity contribution is -0.147. The molecule has 0 saturated carbocycles. The van der Waals surface area contributed by atoms with Crippen LogP contribution in [-0.4, -0.2) is 42.4 Å². The van der Waals surface area contributed by atoms with E-state index in [0.717, 1.165) is 19.3 Å². The number of ether oxygens (including phenoxy) is 1. The number of esters is 1. The van der Waals surface area contributed by atoms with E-state index in [2.05, 4.69) is 5.32 Å². The fourth-order valence-corrected chi connectivity index (χ4v) is 2.90.